The van der Waals surface area contributed by atoms with Crippen LogP contribution in [0.25, 0.3) is 10.6 Å². The molecule has 2 rings (SSSR count). The van der Waals surface area contributed by atoms with Crippen LogP contribution in [0, 0.1) is 10.1 Å². The molecular formula is C13H12N2O4S. The number of nitrogens with zero attached hydrogens (tertiary/aromatic N) is 2. The number of carbonyl (C=O) groups is 1. The average molecular weight is 292 g/mol. The number of aryl methyl sites for hydroxylation is 1. The van der Waals surface area contributed by atoms with Gasteiger partial charge in [0.25, 0.3) is 5.69 Å². The molecule has 0 spiro atoms. The maximum Gasteiger partial charge on any atom is 0.347 e. The molecule has 1 aromatic carbocycles. The van der Waals surface area contributed by atoms with Crippen LogP contribution >= 0.6 is 11.3 Å². The second-order valence-electron chi connectivity index (χ2n) is 4.12. The van der Waals surface area contributed by atoms with E-state index < -0.39 is 10.9 Å². The summed E-state index contributed by atoms with van der Waals surface area (Å²) in [7, 11) is 0. The lowest BCUT2D eigenvalue weighted by molar-refractivity contribution is -0.384. The summed E-state index contributed by atoms with van der Waals surface area (Å²) < 4.78 is 0. The molecule has 0 aliphatic rings. The van der Waals surface area contributed by atoms with Crippen molar-refractivity contribution in [3.63, 3.8) is 0 Å². The van der Waals surface area contributed by atoms with E-state index in [0.717, 1.165) is 17.8 Å². The Bertz CT molecular complexity index is 666. The standard InChI is InChI=1S/C13H12N2O4S/c1-2-5-9-11(13(16)17)20-12(14-9)8-6-3-4-7-10(8)15(18)19/h3-4,6-7H,2,5H2,1H3,(H,16,17). The minimum absolute atomic E-state index is 0.0683. The van der Waals surface area contributed by atoms with Gasteiger partial charge in [0, 0.05) is 6.07 Å². The first-order valence-electron chi connectivity index (χ1n) is 6.01. The van der Waals surface area contributed by atoms with E-state index in [1.165, 1.54) is 6.07 Å². The molecule has 0 amide bonds. The second kappa shape index (κ2) is 5.79. The highest BCUT2D eigenvalue weighted by Crippen LogP contribution is 2.34. The molecule has 0 fully saturated rings. The van der Waals surface area contributed by atoms with Gasteiger partial charge >= 0.3 is 5.97 Å². The smallest absolute Gasteiger partial charge is 0.347 e. The lowest BCUT2D eigenvalue weighted by Crippen LogP contribution is -1.98. The molecule has 0 radical (unpaired) electrons. The van der Waals surface area contributed by atoms with Gasteiger partial charge in [0.15, 0.2) is 0 Å². The minimum Gasteiger partial charge on any atom is -0.477 e. The molecule has 1 aromatic heterocycles. The van der Waals surface area contributed by atoms with Gasteiger partial charge in [-0.15, -0.1) is 11.3 Å². The van der Waals surface area contributed by atoms with Crippen molar-refractivity contribution in [2.24, 2.45) is 0 Å². The first-order chi connectivity index (χ1) is 9.54. The average Bonchev–Trinajstić information content (AvgIpc) is 2.83. The fourth-order valence-electron chi connectivity index (χ4n) is 1.85. The number of nitro groups is 1. The number of carboxylic acid groups (broad SMARTS) is 1. The maximum absolute atomic E-state index is 11.2. The molecule has 1 N–H and O–H groups in total. The van der Waals surface area contributed by atoms with Crippen LogP contribution in [-0.2, 0) is 6.42 Å². The van der Waals surface area contributed by atoms with Crippen LogP contribution in [0.15, 0.2) is 24.3 Å². The summed E-state index contributed by atoms with van der Waals surface area (Å²) in [6, 6.07) is 6.21. The number of hydrogen-bond acceptors (Lipinski definition) is 5. The fourth-order valence-corrected chi connectivity index (χ4v) is 2.84. The number of aromatic carboxylic acids is 1. The van der Waals surface area contributed by atoms with E-state index >= 15 is 0 Å². The monoisotopic (exact) mass is 292 g/mol. The summed E-state index contributed by atoms with van der Waals surface area (Å²) in [6.07, 6.45) is 1.30. The predicted molar refractivity (Wildman–Crippen MR) is 75.2 cm³/mol. The molecule has 0 aliphatic carbocycles. The number of carboxylic acids is 1. The van der Waals surface area contributed by atoms with Crippen molar-refractivity contribution in [2.75, 3.05) is 0 Å². The fraction of sp³-hybridized carbons (Fsp3) is 0.231. The third-order valence-corrected chi connectivity index (χ3v) is 3.83. The van der Waals surface area contributed by atoms with Gasteiger partial charge in [-0.3, -0.25) is 10.1 Å². The summed E-state index contributed by atoms with van der Waals surface area (Å²) in [4.78, 5) is 26.1. The Hall–Kier alpha value is -2.28. The molecule has 0 aliphatic heterocycles. The molecule has 0 unspecified atom stereocenters. The molecule has 104 valence electrons. The lowest BCUT2D eigenvalue weighted by Gasteiger charge is -1.98. The SMILES string of the molecule is CCCc1nc(-c2ccccc2[N+](=O)[O-])sc1C(=O)O. The Morgan fingerprint density at radius 1 is 1.45 bits per heavy atom. The van der Waals surface area contributed by atoms with Crippen LogP contribution in [0.1, 0.15) is 28.7 Å². The molecular weight excluding hydrogens is 280 g/mol. The van der Waals surface area contributed by atoms with Crippen molar-refractivity contribution in [2.45, 2.75) is 19.8 Å². The summed E-state index contributed by atoms with van der Waals surface area (Å²) in [6.45, 7) is 1.93. The van der Waals surface area contributed by atoms with Gasteiger partial charge in [-0.25, -0.2) is 9.78 Å². The van der Waals surface area contributed by atoms with E-state index in [9.17, 15) is 14.9 Å². The summed E-state index contributed by atoms with van der Waals surface area (Å²) in [5.74, 6) is -1.05. The van der Waals surface area contributed by atoms with E-state index in [2.05, 4.69) is 4.98 Å². The van der Waals surface area contributed by atoms with Crippen LogP contribution in [0.5, 0.6) is 0 Å². The van der Waals surface area contributed by atoms with Gasteiger partial charge in [0.1, 0.15) is 9.88 Å². The Morgan fingerprint density at radius 3 is 2.75 bits per heavy atom. The molecule has 7 heteroatoms. The van der Waals surface area contributed by atoms with Gasteiger partial charge in [0.2, 0.25) is 0 Å². The summed E-state index contributed by atoms with van der Waals surface area (Å²) in [5.41, 5.74) is 0.770. The van der Waals surface area contributed by atoms with Crippen LogP contribution in [0.3, 0.4) is 0 Å². The molecule has 0 saturated heterocycles. The van der Waals surface area contributed by atoms with Crippen molar-refractivity contribution < 1.29 is 14.8 Å². The maximum atomic E-state index is 11.2. The molecule has 6 nitrogen and oxygen atoms in total. The largest absolute Gasteiger partial charge is 0.477 e. The Balaban J connectivity index is 2.56. The van der Waals surface area contributed by atoms with Gasteiger partial charge in [-0.1, -0.05) is 25.5 Å². The molecule has 1 heterocycles. The lowest BCUT2D eigenvalue weighted by atomic mass is 10.2. The van der Waals surface area contributed by atoms with Gasteiger partial charge in [-0.05, 0) is 12.5 Å². The quantitative estimate of drug-likeness (QED) is 0.673. The van der Waals surface area contributed by atoms with Crippen LogP contribution in [0.4, 0.5) is 5.69 Å². The summed E-state index contributed by atoms with van der Waals surface area (Å²) in [5, 5.41) is 20.6. The van der Waals surface area contributed by atoms with Crippen molar-refractivity contribution in [1.82, 2.24) is 4.98 Å². The van der Waals surface area contributed by atoms with Crippen molar-refractivity contribution >= 4 is 23.0 Å². The first kappa shape index (κ1) is 14.1. The van der Waals surface area contributed by atoms with E-state index in [1.54, 1.807) is 18.2 Å². The zero-order valence-electron chi connectivity index (χ0n) is 10.7. The number of benzene rings is 1. The highest BCUT2D eigenvalue weighted by Gasteiger charge is 2.22. The van der Waals surface area contributed by atoms with Crippen molar-refractivity contribution in [1.29, 1.82) is 0 Å². The van der Waals surface area contributed by atoms with Crippen molar-refractivity contribution in [3.8, 4) is 10.6 Å². The van der Waals surface area contributed by atoms with Crippen LogP contribution in [-0.4, -0.2) is 21.0 Å². The number of aromatic nitrogens is 1. The normalized spacial score (nSPS) is 10.4. The molecule has 0 bridgehead atoms. The molecule has 20 heavy (non-hydrogen) atoms. The highest BCUT2D eigenvalue weighted by molar-refractivity contribution is 7.17. The minimum atomic E-state index is -1.05. The molecule has 2 aromatic rings. The summed E-state index contributed by atoms with van der Waals surface area (Å²) >= 11 is 0.977. The van der Waals surface area contributed by atoms with Crippen molar-refractivity contribution in [3.05, 3.63) is 45.0 Å². The second-order valence-corrected chi connectivity index (χ2v) is 5.12. The van der Waals surface area contributed by atoms with E-state index in [-0.39, 0.29) is 10.6 Å². The number of para-hydroxylation sites is 1. The first-order valence-corrected chi connectivity index (χ1v) is 6.83. The molecule has 0 saturated carbocycles. The Morgan fingerprint density at radius 2 is 2.15 bits per heavy atom. The zero-order valence-corrected chi connectivity index (χ0v) is 11.5. The number of thiazole rings is 1. The zero-order chi connectivity index (χ0) is 14.7. The van der Waals surface area contributed by atoms with Gasteiger partial charge < -0.3 is 5.11 Å². The number of rotatable bonds is 5. The van der Waals surface area contributed by atoms with Crippen LogP contribution < -0.4 is 0 Å². The third kappa shape index (κ3) is 2.67. The van der Waals surface area contributed by atoms with Gasteiger partial charge in [0.05, 0.1) is 16.2 Å². The van der Waals surface area contributed by atoms with E-state index in [4.69, 9.17) is 5.11 Å². The van der Waals surface area contributed by atoms with Gasteiger partial charge in [-0.2, -0.15) is 0 Å². The molecule has 0 atom stereocenters. The predicted octanol–water partition coefficient (Wildman–Crippen LogP) is 3.37. The van der Waals surface area contributed by atoms with E-state index in [0.29, 0.717) is 22.7 Å². The number of nitro benzene ring substituents is 1. The van der Waals surface area contributed by atoms with Crippen LogP contribution in [0.2, 0.25) is 0 Å². The number of hydrogen-bond donors (Lipinski definition) is 1. The van der Waals surface area contributed by atoms with E-state index in [1.807, 2.05) is 6.92 Å². The topological polar surface area (TPSA) is 93.3 Å². The Kier molecular flexibility index (Phi) is 4.09. The third-order valence-electron chi connectivity index (χ3n) is 2.71. The highest BCUT2D eigenvalue weighted by atomic mass is 32.1. The Labute approximate surface area is 118 Å².